The first kappa shape index (κ1) is 13.0. The normalized spacial score (nSPS) is 20.3. The van der Waals surface area contributed by atoms with E-state index in [9.17, 15) is 8.42 Å². The first-order chi connectivity index (χ1) is 8.08. The van der Waals surface area contributed by atoms with Crippen molar-refractivity contribution in [3.05, 3.63) is 12.4 Å². The molecule has 0 spiro atoms. The molecule has 0 radical (unpaired) electrons. The van der Waals surface area contributed by atoms with Crippen LogP contribution in [0.2, 0.25) is 0 Å². The van der Waals surface area contributed by atoms with Crippen LogP contribution in [-0.2, 0) is 10.0 Å². The predicted octanol–water partition coefficient (Wildman–Crippen LogP) is 1.79. The average molecular weight is 322 g/mol. The van der Waals surface area contributed by atoms with Gasteiger partial charge in [0.2, 0.25) is 10.0 Å². The minimum Gasteiger partial charge on any atom is -0.284 e. The van der Waals surface area contributed by atoms with Gasteiger partial charge < -0.3 is 0 Å². The van der Waals surface area contributed by atoms with Crippen molar-refractivity contribution in [2.75, 3.05) is 5.33 Å². The van der Waals surface area contributed by atoms with Gasteiger partial charge in [0.05, 0.1) is 6.20 Å². The van der Waals surface area contributed by atoms with E-state index in [1.165, 1.54) is 18.8 Å². The Labute approximate surface area is 110 Å². The molecule has 7 heteroatoms. The number of nitrogens with zero attached hydrogens (tertiary/aromatic N) is 1. The highest BCUT2D eigenvalue weighted by atomic mass is 79.9. The summed E-state index contributed by atoms with van der Waals surface area (Å²) in [5.41, 5.74) is -0.339. The second kappa shape index (κ2) is 5.07. The summed E-state index contributed by atoms with van der Waals surface area (Å²) >= 11 is 3.43. The maximum atomic E-state index is 12.1. The molecule has 1 aromatic heterocycles. The molecule has 0 saturated heterocycles. The molecule has 0 unspecified atom stereocenters. The van der Waals surface area contributed by atoms with E-state index in [1.807, 2.05) is 0 Å². The van der Waals surface area contributed by atoms with Gasteiger partial charge in [0, 0.05) is 17.1 Å². The van der Waals surface area contributed by atoms with Crippen LogP contribution < -0.4 is 4.72 Å². The fourth-order valence-corrected chi connectivity index (χ4v) is 4.47. The zero-order valence-electron chi connectivity index (χ0n) is 9.45. The molecular formula is C10H16BrN3O2S. The van der Waals surface area contributed by atoms with E-state index in [2.05, 4.69) is 30.8 Å². The molecule has 0 bridgehead atoms. The summed E-state index contributed by atoms with van der Waals surface area (Å²) in [4.78, 5) is 0.198. The van der Waals surface area contributed by atoms with Crippen molar-refractivity contribution in [1.82, 2.24) is 14.9 Å². The lowest BCUT2D eigenvalue weighted by Gasteiger charge is -2.36. The molecule has 1 heterocycles. The maximum absolute atomic E-state index is 12.1. The van der Waals surface area contributed by atoms with Gasteiger partial charge in [-0.25, -0.2) is 13.1 Å². The Bertz CT molecular complexity index is 452. The van der Waals surface area contributed by atoms with Crippen molar-refractivity contribution in [1.29, 1.82) is 0 Å². The van der Waals surface area contributed by atoms with Gasteiger partial charge in [-0.05, 0) is 12.8 Å². The fourth-order valence-electron chi connectivity index (χ4n) is 2.22. The van der Waals surface area contributed by atoms with E-state index in [0.29, 0.717) is 5.33 Å². The largest absolute Gasteiger partial charge is 0.284 e. The summed E-state index contributed by atoms with van der Waals surface area (Å²) in [7, 11) is -3.46. The topological polar surface area (TPSA) is 74.8 Å². The Morgan fingerprint density at radius 1 is 1.41 bits per heavy atom. The van der Waals surface area contributed by atoms with E-state index in [1.54, 1.807) is 0 Å². The number of halogens is 1. The Morgan fingerprint density at radius 2 is 2.12 bits per heavy atom. The predicted molar refractivity (Wildman–Crippen MR) is 68.5 cm³/mol. The van der Waals surface area contributed by atoms with E-state index in [-0.39, 0.29) is 10.4 Å². The molecule has 1 aromatic rings. The lowest BCUT2D eigenvalue weighted by atomic mass is 9.84. The van der Waals surface area contributed by atoms with Gasteiger partial charge in [-0.3, -0.25) is 5.10 Å². The van der Waals surface area contributed by atoms with Gasteiger partial charge in [-0.2, -0.15) is 5.10 Å². The van der Waals surface area contributed by atoms with Gasteiger partial charge in [-0.15, -0.1) is 0 Å². The van der Waals surface area contributed by atoms with Crippen LogP contribution in [-0.4, -0.2) is 29.5 Å². The van der Waals surface area contributed by atoms with Crippen LogP contribution in [0.4, 0.5) is 0 Å². The quantitative estimate of drug-likeness (QED) is 0.830. The van der Waals surface area contributed by atoms with Crippen LogP contribution in [0.15, 0.2) is 17.3 Å². The Kier molecular flexibility index (Phi) is 3.89. The molecule has 1 fully saturated rings. The smallest absolute Gasteiger partial charge is 0.244 e. The maximum Gasteiger partial charge on any atom is 0.244 e. The number of hydrogen-bond donors (Lipinski definition) is 2. The number of sulfonamides is 1. The lowest BCUT2D eigenvalue weighted by molar-refractivity contribution is 0.301. The molecule has 17 heavy (non-hydrogen) atoms. The average Bonchev–Trinajstić information content (AvgIpc) is 2.84. The highest BCUT2D eigenvalue weighted by molar-refractivity contribution is 9.09. The van der Waals surface area contributed by atoms with Crippen molar-refractivity contribution in [2.45, 2.75) is 42.5 Å². The van der Waals surface area contributed by atoms with Gasteiger partial charge in [0.25, 0.3) is 0 Å². The molecule has 96 valence electrons. The highest BCUT2D eigenvalue weighted by Crippen LogP contribution is 2.31. The zero-order valence-corrected chi connectivity index (χ0v) is 11.8. The monoisotopic (exact) mass is 321 g/mol. The minimum absolute atomic E-state index is 0.198. The van der Waals surface area contributed by atoms with E-state index >= 15 is 0 Å². The third-order valence-corrected chi connectivity index (χ3v) is 5.82. The summed E-state index contributed by atoms with van der Waals surface area (Å²) in [6, 6.07) is 0. The van der Waals surface area contributed by atoms with Gasteiger partial charge in [0.15, 0.2) is 0 Å². The molecule has 1 aliphatic rings. The SMILES string of the molecule is O=S(=O)(NC1(CBr)CCCCC1)c1cn[nH]c1. The first-order valence-corrected chi connectivity index (χ1v) is 8.27. The fraction of sp³-hybridized carbons (Fsp3) is 0.700. The van der Waals surface area contributed by atoms with Crippen LogP contribution in [0.1, 0.15) is 32.1 Å². The Balaban J connectivity index is 2.19. The van der Waals surface area contributed by atoms with Crippen LogP contribution in [0.3, 0.4) is 0 Å². The molecule has 1 aliphatic carbocycles. The van der Waals surface area contributed by atoms with Gasteiger partial charge >= 0.3 is 0 Å². The molecule has 0 atom stereocenters. The summed E-state index contributed by atoms with van der Waals surface area (Å²) in [6.45, 7) is 0. The van der Waals surface area contributed by atoms with Gasteiger partial charge in [-0.1, -0.05) is 35.2 Å². The number of hydrogen-bond acceptors (Lipinski definition) is 3. The van der Waals surface area contributed by atoms with E-state index < -0.39 is 10.0 Å². The van der Waals surface area contributed by atoms with Crippen molar-refractivity contribution in [3.8, 4) is 0 Å². The molecule has 0 amide bonds. The Morgan fingerprint density at radius 3 is 2.65 bits per heavy atom. The highest BCUT2D eigenvalue weighted by Gasteiger charge is 2.35. The molecule has 2 N–H and O–H groups in total. The third-order valence-electron chi connectivity index (χ3n) is 3.20. The van der Waals surface area contributed by atoms with Crippen LogP contribution in [0, 0.1) is 0 Å². The van der Waals surface area contributed by atoms with Crippen molar-refractivity contribution >= 4 is 26.0 Å². The summed E-state index contributed by atoms with van der Waals surface area (Å²) < 4.78 is 27.1. The lowest BCUT2D eigenvalue weighted by Crippen LogP contribution is -2.50. The summed E-state index contributed by atoms with van der Waals surface area (Å²) in [5.74, 6) is 0. The zero-order chi connectivity index (χ0) is 12.4. The molecule has 1 saturated carbocycles. The number of alkyl halides is 1. The summed E-state index contributed by atoms with van der Waals surface area (Å²) in [5, 5.41) is 6.85. The standard InChI is InChI=1S/C10H16BrN3O2S/c11-8-10(4-2-1-3-5-10)14-17(15,16)9-6-12-13-7-9/h6-7,14H,1-5,8H2,(H,12,13). The number of rotatable bonds is 4. The van der Waals surface area contributed by atoms with Crippen LogP contribution in [0.25, 0.3) is 0 Å². The van der Waals surface area contributed by atoms with Crippen LogP contribution in [0.5, 0.6) is 0 Å². The molecule has 0 aromatic carbocycles. The minimum atomic E-state index is -3.46. The molecule has 0 aliphatic heterocycles. The third kappa shape index (κ3) is 2.89. The molecular weight excluding hydrogens is 306 g/mol. The van der Waals surface area contributed by atoms with Crippen LogP contribution >= 0.6 is 15.9 Å². The summed E-state index contributed by atoms with van der Waals surface area (Å²) in [6.07, 6.45) is 7.81. The van der Waals surface area contributed by atoms with Crippen molar-refractivity contribution in [3.63, 3.8) is 0 Å². The molecule has 5 nitrogen and oxygen atoms in total. The van der Waals surface area contributed by atoms with Crippen molar-refractivity contribution < 1.29 is 8.42 Å². The number of nitrogens with one attached hydrogen (secondary N) is 2. The second-order valence-electron chi connectivity index (χ2n) is 4.51. The van der Waals surface area contributed by atoms with Crippen molar-refractivity contribution in [2.24, 2.45) is 0 Å². The number of aromatic nitrogens is 2. The number of H-pyrrole nitrogens is 1. The van der Waals surface area contributed by atoms with E-state index in [0.717, 1.165) is 25.7 Å². The Hall–Kier alpha value is -0.400. The van der Waals surface area contributed by atoms with Gasteiger partial charge in [0.1, 0.15) is 4.90 Å². The van der Waals surface area contributed by atoms with E-state index in [4.69, 9.17) is 0 Å². The first-order valence-electron chi connectivity index (χ1n) is 5.67. The number of aromatic amines is 1. The molecule has 2 rings (SSSR count). The second-order valence-corrected chi connectivity index (χ2v) is 6.76.